The molecular formula is C13H11FO2S. The zero-order valence-corrected chi connectivity index (χ0v) is 10.1. The van der Waals surface area contributed by atoms with E-state index in [1.165, 1.54) is 30.8 Å². The van der Waals surface area contributed by atoms with Crippen molar-refractivity contribution in [2.24, 2.45) is 0 Å². The number of halogens is 1. The van der Waals surface area contributed by atoms with Gasteiger partial charge in [-0.1, -0.05) is 23.6 Å². The average molecular weight is 250 g/mol. The lowest BCUT2D eigenvalue weighted by Crippen LogP contribution is -1.88. The van der Waals surface area contributed by atoms with Gasteiger partial charge in [0.15, 0.2) is 11.4 Å². The van der Waals surface area contributed by atoms with E-state index in [-0.39, 0.29) is 10.7 Å². The van der Waals surface area contributed by atoms with Crippen LogP contribution in [-0.2, 0) is 4.79 Å². The predicted molar refractivity (Wildman–Crippen MR) is 66.4 cm³/mol. The summed E-state index contributed by atoms with van der Waals surface area (Å²) in [5.74, 6) is 5.69. The van der Waals surface area contributed by atoms with E-state index < -0.39 is 5.82 Å². The molecule has 0 heterocycles. The van der Waals surface area contributed by atoms with E-state index in [9.17, 15) is 14.0 Å². The molecule has 0 amide bonds. The molecule has 0 bridgehead atoms. The van der Waals surface area contributed by atoms with Gasteiger partial charge in [-0.25, -0.2) is 4.39 Å². The number of carbonyl (C=O) groups excluding carboxylic acids is 2. The first kappa shape index (κ1) is 13.5. The second-order valence-corrected chi connectivity index (χ2v) is 4.52. The minimum atomic E-state index is -0.565. The summed E-state index contributed by atoms with van der Waals surface area (Å²) in [5.41, 5.74) is 0.559. The molecule has 1 rings (SSSR count). The number of thioether (sulfide) groups is 1. The monoisotopic (exact) mass is 250 g/mol. The van der Waals surface area contributed by atoms with Gasteiger partial charge in [0.05, 0.1) is 5.56 Å². The standard InChI is InChI=1S/C13H11FO2S/c1-10(16)17-7-3-2-4-11-5-6-12(9-15)13(14)8-11/h5-6,8-9H,3,7H2,1H3. The number of hydrogen-bond acceptors (Lipinski definition) is 3. The Morgan fingerprint density at radius 3 is 2.88 bits per heavy atom. The Morgan fingerprint density at radius 2 is 2.29 bits per heavy atom. The molecule has 1 aromatic rings. The number of hydrogen-bond donors (Lipinski definition) is 0. The lowest BCUT2D eigenvalue weighted by molar-refractivity contribution is -0.109. The van der Waals surface area contributed by atoms with Gasteiger partial charge < -0.3 is 0 Å². The van der Waals surface area contributed by atoms with Crippen LogP contribution in [0.4, 0.5) is 4.39 Å². The maximum absolute atomic E-state index is 13.2. The fourth-order valence-electron chi connectivity index (χ4n) is 1.11. The van der Waals surface area contributed by atoms with Crippen LogP contribution in [0.3, 0.4) is 0 Å². The first-order valence-corrected chi connectivity index (χ1v) is 5.99. The van der Waals surface area contributed by atoms with Gasteiger partial charge in [0, 0.05) is 24.7 Å². The molecule has 0 aliphatic carbocycles. The number of aldehydes is 1. The van der Waals surface area contributed by atoms with Crippen molar-refractivity contribution in [3.63, 3.8) is 0 Å². The summed E-state index contributed by atoms with van der Waals surface area (Å²) in [6.07, 6.45) is 1.04. The predicted octanol–water partition coefficient (Wildman–Crippen LogP) is 2.66. The van der Waals surface area contributed by atoms with Crippen LogP contribution in [0.15, 0.2) is 18.2 Å². The molecule has 2 nitrogen and oxygen atoms in total. The number of rotatable bonds is 3. The minimum absolute atomic E-state index is 0.0303. The van der Waals surface area contributed by atoms with E-state index >= 15 is 0 Å². The summed E-state index contributed by atoms with van der Waals surface area (Å²) in [6, 6.07) is 4.23. The molecule has 4 heteroatoms. The van der Waals surface area contributed by atoms with Gasteiger partial charge in [0.25, 0.3) is 0 Å². The average Bonchev–Trinajstić information content (AvgIpc) is 2.28. The quantitative estimate of drug-likeness (QED) is 0.470. The summed E-state index contributed by atoms with van der Waals surface area (Å²) in [4.78, 5) is 21.0. The van der Waals surface area contributed by atoms with Crippen LogP contribution >= 0.6 is 11.8 Å². The highest BCUT2D eigenvalue weighted by atomic mass is 32.2. The Morgan fingerprint density at radius 1 is 1.53 bits per heavy atom. The van der Waals surface area contributed by atoms with Crippen molar-refractivity contribution >= 4 is 23.2 Å². The van der Waals surface area contributed by atoms with Gasteiger partial charge in [-0.05, 0) is 18.2 Å². The third-order valence-corrected chi connectivity index (χ3v) is 2.71. The molecule has 88 valence electrons. The van der Waals surface area contributed by atoms with E-state index in [2.05, 4.69) is 11.8 Å². The maximum Gasteiger partial charge on any atom is 0.185 e. The van der Waals surface area contributed by atoms with E-state index in [4.69, 9.17) is 0 Å². The fourth-order valence-corrected chi connectivity index (χ4v) is 1.60. The maximum atomic E-state index is 13.2. The largest absolute Gasteiger partial charge is 0.298 e. The van der Waals surface area contributed by atoms with E-state index in [1.54, 1.807) is 6.07 Å². The van der Waals surface area contributed by atoms with Gasteiger partial charge in [-0.3, -0.25) is 9.59 Å². The molecule has 0 fully saturated rings. The first-order valence-electron chi connectivity index (χ1n) is 5.00. The zero-order valence-electron chi connectivity index (χ0n) is 9.33. The van der Waals surface area contributed by atoms with Crippen LogP contribution in [0.25, 0.3) is 0 Å². The minimum Gasteiger partial charge on any atom is -0.298 e. The summed E-state index contributed by atoms with van der Waals surface area (Å²) in [5, 5.41) is 0.0631. The van der Waals surface area contributed by atoms with Crippen LogP contribution in [0, 0.1) is 17.7 Å². The highest BCUT2D eigenvalue weighted by Crippen LogP contribution is 2.08. The first-order chi connectivity index (χ1) is 8.13. The Balaban J connectivity index is 2.57. The van der Waals surface area contributed by atoms with Gasteiger partial charge >= 0.3 is 0 Å². The van der Waals surface area contributed by atoms with Crippen LogP contribution in [0.2, 0.25) is 0 Å². The molecule has 0 unspecified atom stereocenters. The smallest absolute Gasteiger partial charge is 0.185 e. The van der Waals surface area contributed by atoms with Gasteiger partial charge in [0.1, 0.15) is 5.82 Å². The van der Waals surface area contributed by atoms with Crippen molar-refractivity contribution in [3.8, 4) is 11.8 Å². The Labute approximate surface area is 104 Å². The molecular weight excluding hydrogens is 239 g/mol. The topological polar surface area (TPSA) is 34.1 Å². The molecule has 1 aromatic carbocycles. The van der Waals surface area contributed by atoms with Gasteiger partial charge in [-0.2, -0.15) is 0 Å². The summed E-state index contributed by atoms with van der Waals surface area (Å²) < 4.78 is 13.2. The summed E-state index contributed by atoms with van der Waals surface area (Å²) in [7, 11) is 0. The van der Waals surface area contributed by atoms with Crippen LogP contribution in [0.1, 0.15) is 29.3 Å². The van der Waals surface area contributed by atoms with Crippen molar-refractivity contribution < 1.29 is 14.0 Å². The summed E-state index contributed by atoms with van der Waals surface area (Å²) >= 11 is 1.21. The molecule has 0 aromatic heterocycles. The van der Waals surface area contributed by atoms with Crippen molar-refractivity contribution in [2.45, 2.75) is 13.3 Å². The van der Waals surface area contributed by atoms with Crippen LogP contribution in [-0.4, -0.2) is 17.2 Å². The Kier molecular flexibility index (Phi) is 5.44. The van der Waals surface area contributed by atoms with Crippen molar-refractivity contribution in [1.82, 2.24) is 0 Å². The zero-order chi connectivity index (χ0) is 12.7. The Bertz CT molecular complexity index is 486. The van der Waals surface area contributed by atoms with Crippen molar-refractivity contribution in [3.05, 3.63) is 35.1 Å². The molecule has 0 N–H and O–H groups in total. The molecule has 0 atom stereocenters. The van der Waals surface area contributed by atoms with Crippen molar-refractivity contribution in [1.29, 1.82) is 0 Å². The van der Waals surface area contributed by atoms with Crippen LogP contribution in [0.5, 0.6) is 0 Å². The van der Waals surface area contributed by atoms with Crippen molar-refractivity contribution in [2.75, 3.05) is 5.75 Å². The molecule has 0 radical (unpaired) electrons. The van der Waals surface area contributed by atoms with E-state index in [0.717, 1.165) is 0 Å². The second-order valence-electron chi connectivity index (χ2n) is 3.25. The normalized spacial score (nSPS) is 9.29. The second kappa shape index (κ2) is 6.87. The Hall–Kier alpha value is -1.60. The highest BCUT2D eigenvalue weighted by molar-refractivity contribution is 8.13. The van der Waals surface area contributed by atoms with E-state index in [0.29, 0.717) is 24.0 Å². The fraction of sp³-hybridized carbons (Fsp3) is 0.231. The molecule has 0 saturated carbocycles. The highest BCUT2D eigenvalue weighted by Gasteiger charge is 2.00. The lowest BCUT2D eigenvalue weighted by atomic mass is 10.1. The molecule has 0 saturated heterocycles. The lowest BCUT2D eigenvalue weighted by Gasteiger charge is -1.94. The number of carbonyl (C=O) groups is 2. The SMILES string of the molecule is CC(=O)SCCC#Cc1ccc(C=O)c(F)c1. The summed E-state index contributed by atoms with van der Waals surface area (Å²) in [6.45, 7) is 1.51. The van der Waals surface area contributed by atoms with E-state index in [1.807, 2.05) is 0 Å². The van der Waals surface area contributed by atoms with Crippen LogP contribution < -0.4 is 0 Å². The van der Waals surface area contributed by atoms with Gasteiger partial charge in [-0.15, -0.1) is 0 Å². The third kappa shape index (κ3) is 4.83. The van der Waals surface area contributed by atoms with Gasteiger partial charge in [0.2, 0.25) is 0 Å². The molecule has 0 spiro atoms. The number of benzene rings is 1. The molecule has 0 aliphatic heterocycles. The molecule has 0 aliphatic rings. The molecule has 17 heavy (non-hydrogen) atoms. The third-order valence-electron chi connectivity index (χ3n) is 1.89.